The lowest BCUT2D eigenvalue weighted by Gasteiger charge is -2.09. The Morgan fingerprint density at radius 1 is 1.35 bits per heavy atom. The molecule has 1 unspecified atom stereocenters. The van der Waals surface area contributed by atoms with Gasteiger partial charge in [0.25, 0.3) is 0 Å². The van der Waals surface area contributed by atoms with Crippen LogP contribution in [-0.2, 0) is 6.42 Å². The molecule has 5 nitrogen and oxygen atoms in total. The predicted octanol–water partition coefficient (Wildman–Crippen LogP) is 2.17. The van der Waals surface area contributed by atoms with Crippen molar-refractivity contribution >= 4 is 11.2 Å². The van der Waals surface area contributed by atoms with E-state index in [0.717, 1.165) is 42.4 Å². The molecule has 1 atom stereocenters. The quantitative estimate of drug-likeness (QED) is 0.791. The number of nitrogens with zero attached hydrogens (tertiary/aromatic N) is 3. The van der Waals surface area contributed by atoms with Gasteiger partial charge < -0.3 is 9.73 Å². The van der Waals surface area contributed by atoms with Gasteiger partial charge in [0, 0.05) is 18.7 Å². The van der Waals surface area contributed by atoms with E-state index in [0.29, 0.717) is 5.92 Å². The topological polar surface area (TPSA) is 55.9 Å². The fraction of sp³-hybridized carbons (Fsp3) is 0.333. The first kappa shape index (κ1) is 11.7. The third-order valence-electron chi connectivity index (χ3n) is 3.85. The SMILES string of the molecule is c1coc(-n2c(CC3CCNC3)nc3cccnc32)c1. The number of rotatable bonds is 3. The number of nitrogens with one attached hydrogen (secondary N) is 1. The fourth-order valence-corrected chi connectivity index (χ4v) is 2.87. The summed E-state index contributed by atoms with van der Waals surface area (Å²) in [6.45, 7) is 2.17. The van der Waals surface area contributed by atoms with Crippen molar-refractivity contribution in [1.82, 2.24) is 19.9 Å². The van der Waals surface area contributed by atoms with E-state index in [9.17, 15) is 0 Å². The molecule has 20 heavy (non-hydrogen) atoms. The highest BCUT2D eigenvalue weighted by atomic mass is 16.3. The van der Waals surface area contributed by atoms with Crippen LogP contribution in [0.1, 0.15) is 12.2 Å². The van der Waals surface area contributed by atoms with Crippen LogP contribution in [0.5, 0.6) is 0 Å². The minimum atomic E-state index is 0.639. The summed E-state index contributed by atoms with van der Waals surface area (Å²) in [4.78, 5) is 9.20. The van der Waals surface area contributed by atoms with Crippen molar-refractivity contribution in [3.05, 3.63) is 42.5 Å². The Balaban J connectivity index is 1.83. The van der Waals surface area contributed by atoms with Gasteiger partial charge >= 0.3 is 0 Å². The summed E-state index contributed by atoms with van der Waals surface area (Å²) in [6.07, 6.45) is 5.63. The Morgan fingerprint density at radius 3 is 3.15 bits per heavy atom. The average molecular weight is 268 g/mol. The Morgan fingerprint density at radius 2 is 2.35 bits per heavy atom. The van der Waals surface area contributed by atoms with Crippen molar-refractivity contribution < 1.29 is 4.42 Å². The zero-order valence-electron chi connectivity index (χ0n) is 11.1. The van der Waals surface area contributed by atoms with Gasteiger partial charge in [-0.3, -0.25) is 0 Å². The molecule has 1 N–H and O–H groups in total. The number of pyridine rings is 1. The van der Waals surface area contributed by atoms with Crippen molar-refractivity contribution in [2.24, 2.45) is 5.92 Å². The molecule has 0 spiro atoms. The van der Waals surface area contributed by atoms with Gasteiger partial charge in [0.2, 0.25) is 5.88 Å². The van der Waals surface area contributed by atoms with Crippen LogP contribution in [0.3, 0.4) is 0 Å². The maximum absolute atomic E-state index is 5.56. The van der Waals surface area contributed by atoms with Crippen molar-refractivity contribution in [3.63, 3.8) is 0 Å². The number of imidazole rings is 1. The molecule has 0 aliphatic carbocycles. The maximum atomic E-state index is 5.56. The summed E-state index contributed by atoms with van der Waals surface area (Å²) in [5, 5.41) is 3.40. The van der Waals surface area contributed by atoms with E-state index < -0.39 is 0 Å². The molecule has 0 aromatic carbocycles. The molecule has 3 aromatic rings. The van der Waals surface area contributed by atoms with Gasteiger partial charge in [-0.05, 0) is 43.6 Å². The molecule has 0 radical (unpaired) electrons. The van der Waals surface area contributed by atoms with Crippen LogP contribution in [0.25, 0.3) is 17.0 Å². The Labute approximate surface area is 116 Å². The first-order chi connectivity index (χ1) is 9.92. The highest BCUT2D eigenvalue weighted by Gasteiger charge is 2.21. The summed E-state index contributed by atoms with van der Waals surface area (Å²) >= 11 is 0. The van der Waals surface area contributed by atoms with Crippen LogP contribution < -0.4 is 5.32 Å². The van der Waals surface area contributed by atoms with Crippen LogP contribution in [0, 0.1) is 5.92 Å². The molecule has 1 aliphatic heterocycles. The van der Waals surface area contributed by atoms with E-state index in [-0.39, 0.29) is 0 Å². The van der Waals surface area contributed by atoms with Crippen LogP contribution >= 0.6 is 0 Å². The molecule has 3 aromatic heterocycles. The number of aromatic nitrogens is 3. The minimum absolute atomic E-state index is 0.639. The molecule has 1 saturated heterocycles. The third kappa shape index (κ3) is 1.91. The molecule has 0 saturated carbocycles. The Hall–Kier alpha value is -2.14. The molecular formula is C15H16N4O. The molecule has 4 rings (SSSR count). The van der Waals surface area contributed by atoms with E-state index in [1.807, 2.05) is 28.8 Å². The van der Waals surface area contributed by atoms with E-state index in [1.54, 1.807) is 12.5 Å². The van der Waals surface area contributed by atoms with Gasteiger partial charge in [-0.2, -0.15) is 0 Å². The summed E-state index contributed by atoms with van der Waals surface area (Å²) in [7, 11) is 0. The summed E-state index contributed by atoms with van der Waals surface area (Å²) in [5.41, 5.74) is 1.79. The van der Waals surface area contributed by atoms with Crippen LogP contribution in [0.4, 0.5) is 0 Å². The predicted molar refractivity (Wildman–Crippen MR) is 75.8 cm³/mol. The van der Waals surface area contributed by atoms with Crippen LogP contribution in [0.2, 0.25) is 0 Å². The Bertz CT molecular complexity index is 711. The smallest absolute Gasteiger partial charge is 0.206 e. The van der Waals surface area contributed by atoms with E-state index in [1.165, 1.54) is 6.42 Å². The highest BCUT2D eigenvalue weighted by molar-refractivity contribution is 5.73. The van der Waals surface area contributed by atoms with Gasteiger partial charge in [0.1, 0.15) is 11.3 Å². The largest absolute Gasteiger partial charge is 0.448 e. The van der Waals surface area contributed by atoms with Crippen molar-refractivity contribution in [3.8, 4) is 5.88 Å². The number of fused-ring (bicyclic) bond motifs is 1. The minimum Gasteiger partial charge on any atom is -0.448 e. The molecule has 102 valence electrons. The van der Waals surface area contributed by atoms with Gasteiger partial charge in [0.15, 0.2) is 5.65 Å². The third-order valence-corrected chi connectivity index (χ3v) is 3.85. The van der Waals surface area contributed by atoms with E-state index in [4.69, 9.17) is 9.40 Å². The molecule has 0 bridgehead atoms. The number of hydrogen-bond acceptors (Lipinski definition) is 4. The number of hydrogen-bond donors (Lipinski definition) is 1. The zero-order chi connectivity index (χ0) is 13.4. The van der Waals surface area contributed by atoms with Crippen molar-refractivity contribution in [2.45, 2.75) is 12.8 Å². The molecule has 1 aliphatic rings. The molecule has 5 heteroatoms. The second-order valence-electron chi connectivity index (χ2n) is 5.22. The summed E-state index contributed by atoms with van der Waals surface area (Å²) in [5.74, 6) is 2.45. The second kappa shape index (κ2) is 4.76. The lowest BCUT2D eigenvalue weighted by atomic mass is 10.0. The monoisotopic (exact) mass is 268 g/mol. The van der Waals surface area contributed by atoms with Crippen LogP contribution in [0.15, 0.2) is 41.1 Å². The molecular weight excluding hydrogens is 252 g/mol. The molecule has 0 amide bonds. The van der Waals surface area contributed by atoms with E-state index in [2.05, 4.69) is 10.3 Å². The first-order valence-corrected chi connectivity index (χ1v) is 6.99. The first-order valence-electron chi connectivity index (χ1n) is 6.99. The van der Waals surface area contributed by atoms with E-state index >= 15 is 0 Å². The number of furan rings is 1. The maximum Gasteiger partial charge on any atom is 0.206 e. The van der Waals surface area contributed by atoms with Gasteiger partial charge in [-0.25, -0.2) is 14.5 Å². The van der Waals surface area contributed by atoms with Gasteiger partial charge in [-0.1, -0.05) is 0 Å². The lowest BCUT2D eigenvalue weighted by Crippen LogP contribution is -2.13. The van der Waals surface area contributed by atoms with Crippen molar-refractivity contribution in [2.75, 3.05) is 13.1 Å². The summed E-state index contributed by atoms with van der Waals surface area (Å²) in [6, 6.07) is 7.76. The summed E-state index contributed by atoms with van der Waals surface area (Å²) < 4.78 is 7.59. The zero-order valence-corrected chi connectivity index (χ0v) is 11.1. The average Bonchev–Trinajstić information content (AvgIpc) is 3.18. The molecule has 4 heterocycles. The van der Waals surface area contributed by atoms with Crippen LogP contribution in [-0.4, -0.2) is 27.6 Å². The standard InChI is InChI=1S/C15H16N4O/c1-3-12-15(17-6-1)19(14-4-2-8-20-14)13(18-12)9-11-5-7-16-10-11/h1-4,6,8,11,16H,5,7,9-10H2. The van der Waals surface area contributed by atoms with Crippen molar-refractivity contribution in [1.29, 1.82) is 0 Å². The normalized spacial score (nSPS) is 18.9. The second-order valence-corrected chi connectivity index (χ2v) is 5.22. The lowest BCUT2D eigenvalue weighted by molar-refractivity contribution is 0.515. The highest BCUT2D eigenvalue weighted by Crippen LogP contribution is 2.23. The van der Waals surface area contributed by atoms with Gasteiger partial charge in [-0.15, -0.1) is 0 Å². The fourth-order valence-electron chi connectivity index (χ4n) is 2.87. The molecule has 1 fully saturated rings. The van der Waals surface area contributed by atoms with Gasteiger partial charge in [0.05, 0.1) is 6.26 Å². The Kier molecular flexibility index (Phi) is 2.77.